The quantitative estimate of drug-likeness (QED) is 0.358. The molecule has 180 valence electrons. The summed E-state index contributed by atoms with van der Waals surface area (Å²) in [5, 5.41) is 13.5. The SMILES string of the molecule is COc1cc(C=NNc2nc(-c3ccccc3)c(C#N)c(=O)[nH]2)ccc1OCCN1CCOCC1. The van der Waals surface area contributed by atoms with Gasteiger partial charge in [-0.1, -0.05) is 30.3 Å². The maximum Gasteiger partial charge on any atom is 0.270 e. The van der Waals surface area contributed by atoms with Crippen LogP contribution in [0.4, 0.5) is 5.95 Å². The largest absolute Gasteiger partial charge is 0.493 e. The lowest BCUT2D eigenvalue weighted by molar-refractivity contribution is 0.0321. The number of hydrazone groups is 1. The number of aromatic amines is 1. The Balaban J connectivity index is 1.42. The summed E-state index contributed by atoms with van der Waals surface area (Å²) in [6.45, 7) is 4.70. The average molecular weight is 475 g/mol. The van der Waals surface area contributed by atoms with Crippen molar-refractivity contribution in [3.63, 3.8) is 0 Å². The standard InChI is InChI=1S/C25H26N6O4/c1-33-22-15-18(7-8-21(22)35-14-11-31-9-12-34-13-10-31)17-27-30-25-28-23(19-5-3-2-4-6-19)20(16-26)24(32)29-25/h2-8,15,17H,9-14H2,1H3,(H2,28,29,30,32). The van der Waals surface area contributed by atoms with Crippen molar-refractivity contribution in [1.29, 1.82) is 5.26 Å². The first-order chi connectivity index (χ1) is 17.2. The monoisotopic (exact) mass is 474 g/mol. The summed E-state index contributed by atoms with van der Waals surface area (Å²) in [7, 11) is 1.58. The Bertz CT molecular complexity index is 1260. The number of H-pyrrole nitrogens is 1. The molecular weight excluding hydrogens is 448 g/mol. The van der Waals surface area contributed by atoms with Gasteiger partial charge < -0.3 is 14.2 Å². The molecule has 4 rings (SSSR count). The van der Waals surface area contributed by atoms with Crippen molar-refractivity contribution in [3.8, 4) is 28.8 Å². The Hall–Kier alpha value is -4.20. The van der Waals surface area contributed by atoms with Crippen molar-refractivity contribution in [2.45, 2.75) is 0 Å². The van der Waals surface area contributed by atoms with Crippen molar-refractivity contribution < 1.29 is 14.2 Å². The van der Waals surface area contributed by atoms with E-state index in [1.54, 1.807) is 31.5 Å². The molecule has 1 fully saturated rings. The normalized spacial score (nSPS) is 13.9. The summed E-state index contributed by atoms with van der Waals surface area (Å²) < 4.78 is 16.7. The highest BCUT2D eigenvalue weighted by Crippen LogP contribution is 2.27. The number of benzene rings is 2. The van der Waals surface area contributed by atoms with Gasteiger partial charge in [0.2, 0.25) is 5.95 Å². The zero-order valence-electron chi connectivity index (χ0n) is 19.4. The summed E-state index contributed by atoms with van der Waals surface area (Å²) in [5.41, 5.74) is 3.83. The van der Waals surface area contributed by atoms with Gasteiger partial charge in [0.25, 0.3) is 5.56 Å². The van der Waals surface area contributed by atoms with E-state index in [4.69, 9.17) is 14.2 Å². The van der Waals surface area contributed by atoms with Crippen LogP contribution in [-0.2, 0) is 4.74 Å². The van der Waals surface area contributed by atoms with Gasteiger partial charge in [0.05, 0.1) is 32.2 Å². The van der Waals surface area contributed by atoms with Gasteiger partial charge in [0.15, 0.2) is 11.5 Å². The van der Waals surface area contributed by atoms with E-state index in [1.807, 2.05) is 36.4 Å². The topological polar surface area (TPSA) is 125 Å². The van der Waals surface area contributed by atoms with E-state index < -0.39 is 5.56 Å². The van der Waals surface area contributed by atoms with E-state index in [2.05, 4.69) is 25.4 Å². The molecule has 0 saturated carbocycles. The van der Waals surface area contributed by atoms with Crippen LogP contribution in [0.15, 0.2) is 58.4 Å². The van der Waals surface area contributed by atoms with Gasteiger partial charge in [-0.25, -0.2) is 10.4 Å². The van der Waals surface area contributed by atoms with E-state index in [0.29, 0.717) is 23.7 Å². The van der Waals surface area contributed by atoms with E-state index in [0.717, 1.165) is 38.4 Å². The molecule has 0 aliphatic carbocycles. The van der Waals surface area contributed by atoms with Gasteiger partial charge in [-0.05, 0) is 23.8 Å². The van der Waals surface area contributed by atoms with Crippen LogP contribution >= 0.6 is 0 Å². The molecule has 1 aromatic heterocycles. The number of morpholine rings is 1. The lowest BCUT2D eigenvalue weighted by Gasteiger charge is -2.26. The van der Waals surface area contributed by atoms with Crippen molar-refractivity contribution >= 4 is 12.2 Å². The minimum atomic E-state index is -0.542. The van der Waals surface area contributed by atoms with Gasteiger partial charge in [0.1, 0.15) is 18.2 Å². The lowest BCUT2D eigenvalue weighted by Crippen LogP contribution is -2.38. The summed E-state index contributed by atoms with van der Waals surface area (Å²) in [6, 6.07) is 16.4. The van der Waals surface area contributed by atoms with Crippen LogP contribution in [0.5, 0.6) is 11.5 Å². The van der Waals surface area contributed by atoms with Crippen LogP contribution in [0.3, 0.4) is 0 Å². The average Bonchev–Trinajstić information content (AvgIpc) is 2.90. The number of nitriles is 1. The molecule has 2 aromatic carbocycles. The highest BCUT2D eigenvalue weighted by Gasteiger charge is 2.13. The van der Waals surface area contributed by atoms with Crippen molar-refractivity contribution in [3.05, 3.63) is 70.0 Å². The number of rotatable bonds is 9. The van der Waals surface area contributed by atoms with E-state index >= 15 is 0 Å². The van der Waals surface area contributed by atoms with Crippen LogP contribution in [0.1, 0.15) is 11.1 Å². The molecule has 1 aliphatic heterocycles. The van der Waals surface area contributed by atoms with Crippen LogP contribution in [0.25, 0.3) is 11.3 Å². The molecule has 0 atom stereocenters. The maximum absolute atomic E-state index is 12.4. The number of hydrogen-bond donors (Lipinski definition) is 2. The summed E-state index contributed by atoms with van der Waals surface area (Å²) in [6.07, 6.45) is 1.57. The summed E-state index contributed by atoms with van der Waals surface area (Å²) in [5.74, 6) is 1.36. The molecule has 0 spiro atoms. The smallest absolute Gasteiger partial charge is 0.270 e. The van der Waals surface area contributed by atoms with Crippen LogP contribution < -0.4 is 20.5 Å². The molecule has 0 radical (unpaired) electrons. The molecule has 1 saturated heterocycles. The Morgan fingerprint density at radius 3 is 2.77 bits per heavy atom. The predicted octanol–water partition coefficient (Wildman–Crippen LogP) is 2.47. The van der Waals surface area contributed by atoms with Crippen LogP contribution in [-0.4, -0.2) is 67.6 Å². The Morgan fingerprint density at radius 1 is 1.23 bits per heavy atom. The summed E-state index contributed by atoms with van der Waals surface area (Å²) in [4.78, 5) is 21.6. The number of anilines is 1. The number of methoxy groups -OCH3 is 1. The van der Waals surface area contributed by atoms with E-state index in [-0.39, 0.29) is 17.2 Å². The highest BCUT2D eigenvalue weighted by atomic mass is 16.5. The molecule has 10 heteroatoms. The van der Waals surface area contributed by atoms with Gasteiger partial charge >= 0.3 is 0 Å². The number of ether oxygens (including phenoxy) is 3. The van der Waals surface area contributed by atoms with Gasteiger partial charge in [0, 0.05) is 25.2 Å². The predicted molar refractivity (Wildman–Crippen MR) is 132 cm³/mol. The fraction of sp³-hybridized carbons (Fsp3) is 0.280. The molecule has 2 heterocycles. The number of nitrogens with one attached hydrogen (secondary N) is 2. The molecule has 1 aliphatic rings. The third-order valence-corrected chi connectivity index (χ3v) is 5.42. The molecule has 0 amide bonds. The number of nitrogens with zero attached hydrogens (tertiary/aromatic N) is 4. The van der Waals surface area contributed by atoms with Gasteiger partial charge in [-0.15, -0.1) is 0 Å². The molecule has 0 bridgehead atoms. The van der Waals surface area contributed by atoms with Crippen molar-refractivity contribution in [2.75, 3.05) is 52.0 Å². The summed E-state index contributed by atoms with van der Waals surface area (Å²) >= 11 is 0. The van der Waals surface area contributed by atoms with Crippen LogP contribution in [0.2, 0.25) is 0 Å². The van der Waals surface area contributed by atoms with Crippen molar-refractivity contribution in [1.82, 2.24) is 14.9 Å². The Morgan fingerprint density at radius 2 is 2.03 bits per heavy atom. The molecule has 35 heavy (non-hydrogen) atoms. The van der Waals surface area contributed by atoms with Gasteiger partial charge in [-0.2, -0.15) is 10.4 Å². The Kier molecular flexibility index (Phi) is 8.06. The minimum absolute atomic E-state index is 0.0559. The van der Waals surface area contributed by atoms with E-state index in [9.17, 15) is 10.1 Å². The highest BCUT2D eigenvalue weighted by molar-refractivity contribution is 5.81. The molecule has 10 nitrogen and oxygen atoms in total. The second-order valence-corrected chi connectivity index (χ2v) is 7.70. The first-order valence-electron chi connectivity index (χ1n) is 11.2. The van der Waals surface area contributed by atoms with Crippen LogP contribution in [0, 0.1) is 11.3 Å². The first kappa shape index (κ1) is 23.9. The number of hydrogen-bond acceptors (Lipinski definition) is 9. The van der Waals surface area contributed by atoms with Crippen molar-refractivity contribution in [2.24, 2.45) is 5.10 Å². The second kappa shape index (κ2) is 11.8. The Labute approximate surface area is 202 Å². The molecule has 3 aromatic rings. The third-order valence-electron chi connectivity index (χ3n) is 5.42. The minimum Gasteiger partial charge on any atom is -0.493 e. The fourth-order valence-corrected chi connectivity index (χ4v) is 3.60. The van der Waals surface area contributed by atoms with E-state index in [1.165, 1.54) is 0 Å². The molecule has 0 unspecified atom stereocenters. The van der Waals surface area contributed by atoms with Gasteiger partial charge in [-0.3, -0.25) is 14.7 Å². The zero-order chi connectivity index (χ0) is 24.5. The lowest BCUT2D eigenvalue weighted by atomic mass is 10.1. The molecular formula is C25H26N6O4. The second-order valence-electron chi connectivity index (χ2n) is 7.70. The zero-order valence-corrected chi connectivity index (χ0v) is 19.4. The number of aromatic nitrogens is 2. The first-order valence-corrected chi connectivity index (χ1v) is 11.2. The maximum atomic E-state index is 12.4. The third kappa shape index (κ3) is 6.23. The molecule has 2 N–H and O–H groups in total. The fourth-order valence-electron chi connectivity index (χ4n) is 3.60.